The van der Waals surface area contributed by atoms with Crippen LogP contribution in [0.5, 0.6) is 0 Å². The van der Waals surface area contributed by atoms with E-state index in [1.54, 1.807) is 5.56 Å². The Morgan fingerprint density at radius 2 is 2.00 bits per heavy atom. The van der Waals surface area contributed by atoms with E-state index in [4.69, 9.17) is 0 Å². The van der Waals surface area contributed by atoms with Gasteiger partial charge in [-0.05, 0) is 41.7 Å². The van der Waals surface area contributed by atoms with Crippen LogP contribution in [0.15, 0.2) is 30.3 Å². The molecule has 0 nitrogen and oxygen atoms in total. The lowest BCUT2D eigenvalue weighted by atomic mass is 9.68. The van der Waals surface area contributed by atoms with Gasteiger partial charge in [0.25, 0.3) is 0 Å². The van der Waals surface area contributed by atoms with Crippen molar-refractivity contribution >= 4 is 6.08 Å². The Balaban J connectivity index is 1.79. The minimum absolute atomic E-state index is 0.689. The zero-order chi connectivity index (χ0) is 12.5. The second kappa shape index (κ2) is 4.91. The van der Waals surface area contributed by atoms with Crippen LogP contribution in [-0.4, -0.2) is 0 Å². The molecule has 0 N–H and O–H groups in total. The fourth-order valence-electron chi connectivity index (χ4n) is 4.09. The molecule has 0 bridgehead atoms. The predicted octanol–water partition coefficient (Wildman–Crippen LogP) is 5.26. The quantitative estimate of drug-likeness (QED) is 0.661. The highest BCUT2D eigenvalue weighted by Gasteiger charge is 2.34. The Morgan fingerprint density at radius 1 is 1.17 bits per heavy atom. The largest absolute Gasteiger partial charge is 0.0761 e. The summed E-state index contributed by atoms with van der Waals surface area (Å²) in [6, 6.07) is 8.94. The summed E-state index contributed by atoms with van der Waals surface area (Å²) >= 11 is 0. The summed E-state index contributed by atoms with van der Waals surface area (Å²) < 4.78 is 0. The van der Waals surface area contributed by atoms with Gasteiger partial charge in [-0.25, -0.2) is 0 Å². The van der Waals surface area contributed by atoms with E-state index < -0.39 is 0 Å². The van der Waals surface area contributed by atoms with Gasteiger partial charge in [0.2, 0.25) is 0 Å². The van der Waals surface area contributed by atoms with Crippen molar-refractivity contribution < 1.29 is 0 Å². The highest BCUT2D eigenvalue weighted by molar-refractivity contribution is 5.62. The summed E-state index contributed by atoms with van der Waals surface area (Å²) in [5.74, 6) is 3.42. The van der Waals surface area contributed by atoms with Gasteiger partial charge >= 0.3 is 0 Å². The van der Waals surface area contributed by atoms with Gasteiger partial charge in [0.05, 0.1) is 0 Å². The topological polar surface area (TPSA) is 0 Å². The van der Waals surface area contributed by atoms with E-state index in [0.29, 0.717) is 5.92 Å². The molecule has 3 rings (SSSR count). The third-order valence-corrected chi connectivity index (χ3v) is 5.22. The van der Waals surface area contributed by atoms with Crippen LogP contribution in [0, 0.1) is 17.8 Å². The first-order valence-corrected chi connectivity index (χ1v) is 7.56. The number of benzene rings is 1. The lowest BCUT2D eigenvalue weighted by molar-refractivity contribution is 0.177. The van der Waals surface area contributed by atoms with Gasteiger partial charge in [0.1, 0.15) is 0 Å². The van der Waals surface area contributed by atoms with Gasteiger partial charge in [-0.1, -0.05) is 63.1 Å². The highest BCUT2D eigenvalue weighted by atomic mass is 14.4. The molecule has 4 unspecified atom stereocenters. The molecule has 4 atom stereocenters. The van der Waals surface area contributed by atoms with E-state index in [-0.39, 0.29) is 0 Å². The van der Waals surface area contributed by atoms with Gasteiger partial charge in [0.15, 0.2) is 0 Å². The van der Waals surface area contributed by atoms with Crippen LogP contribution in [-0.2, 0) is 0 Å². The number of hydrogen-bond donors (Lipinski definition) is 0. The summed E-state index contributed by atoms with van der Waals surface area (Å²) in [7, 11) is 0. The average Bonchev–Trinajstić information content (AvgIpc) is 2.82. The van der Waals surface area contributed by atoms with Crippen molar-refractivity contribution in [1.29, 1.82) is 0 Å². The summed E-state index contributed by atoms with van der Waals surface area (Å²) in [4.78, 5) is 0. The number of fused-ring (bicyclic) bond motifs is 1. The molecule has 1 saturated carbocycles. The molecule has 0 amide bonds. The highest BCUT2D eigenvalue weighted by Crippen LogP contribution is 2.46. The Labute approximate surface area is 111 Å². The van der Waals surface area contributed by atoms with Crippen molar-refractivity contribution in [3.8, 4) is 0 Å². The minimum atomic E-state index is 0.689. The van der Waals surface area contributed by atoms with Crippen LogP contribution in [0.4, 0.5) is 0 Å². The first-order valence-electron chi connectivity index (χ1n) is 7.56. The Morgan fingerprint density at radius 3 is 2.78 bits per heavy atom. The van der Waals surface area contributed by atoms with E-state index in [2.05, 4.69) is 50.3 Å². The summed E-state index contributed by atoms with van der Waals surface area (Å²) in [6.45, 7) is 4.82. The lowest BCUT2D eigenvalue weighted by Gasteiger charge is -2.37. The van der Waals surface area contributed by atoms with Crippen molar-refractivity contribution in [2.75, 3.05) is 0 Å². The second-order valence-corrected chi connectivity index (χ2v) is 6.24. The summed E-state index contributed by atoms with van der Waals surface area (Å²) in [5.41, 5.74) is 3.02. The maximum atomic E-state index is 2.47. The van der Waals surface area contributed by atoms with E-state index in [1.807, 2.05) is 0 Å². The maximum Gasteiger partial charge on any atom is 0.00580 e. The average molecular weight is 240 g/mol. The monoisotopic (exact) mass is 240 g/mol. The van der Waals surface area contributed by atoms with Gasteiger partial charge < -0.3 is 0 Å². The van der Waals surface area contributed by atoms with Crippen LogP contribution in [0.3, 0.4) is 0 Å². The summed E-state index contributed by atoms with van der Waals surface area (Å²) in [6.07, 6.45) is 10.5. The number of hydrogen-bond acceptors (Lipinski definition) is 0. The maximum absolute atomic E-state index is 2.47. The molecular formula is C18H24. The van der Waals surface area contributed by atoms with Crippen LogP contribution in [0.25, 0.3) is 6.08 Å². The molecule has 1 aromatic rings. The fourth-order valence-corrected chi connectivity index (χ4v) is 4.09. The number of allylic oxidation sites excluding steroid dienone is 1. The molecule has 1 aromatic carbocycles. The fraction of sp³-hybridized carbons (Fsp3) is 0.556. The molecule has 1 fully saturated rings. The van der Waals surface area contributed by atoms with Crippen molar-refractivity contribution in [3.05, 3.63) is 41.5 Å². The van der Waals surface area contributed by atoms with Crippen LogP contribution in [0.2, 0.25) is 0 Å². The zero-order valence-electron chi connectivity index (χ0n) is 11.6. The van der Waals surface area contributed by atoms with Crippen LogP contribution >= 0.6 is 0 Å². The van der Waals surface area contributed by atoms with Crippen molar-refractivity contribution in [2.24, 2.45) is 17.8 Å². The molecule has 0 saturated heterocycles. The predicted molar refractivity (Wildman–Crippen MR) is 78.5 cm³/mol. The first kappa shape index (κ1) is 12.0. The van der Waals surface area contributed by atoms with Gasteiger partial charge in [-0.15, -0.1) is 0 Å². The molecule has 2 aliphatic rings. The smallest absolute Gasteiger partial charge is 0.00580 e. The third-order valence-electron chi connectivity index (χ3n) is 5.22. The Hall–Kier alpha value is -1.04. The Kier molecular flexibility index (Phi) is 3.28. The molecule has 0 heterocycles. The summed E-state index contributed by atoms with van der Waals surface area (Å²) in [5, 5.41) is 0. The SMILES string of the molecule is CCC1CCC(C2C=Cc3ccccc32)C(C)C1. The molecule has 2 aliphatic carbocycles. The minimum Gasteiger partial charge on any atom is -0.0761 e. The molecule has 0 spiro atoms. The van der Waals surface area contributed by atoms with Gasteiger partial charge in [-0.3, -0.25) is 0 Å². The van der Waals surface area contributed by atoms with Crippen molar-refractivity contribution in [3.63, 3.8) is 0 Å². The van der Waals surface area contributed by atoms with Gasteiger partial charge in [-0.2, -0.15) is 0 Å². The molecular weight excluding hydrogens is 216 g/mol. The molecule has 18 heavy (non-hydrogen) atoms. The molecule has 96 valence electrons. The first-order chi connectivity index (χ1) is 8.79. The van der Waals surface area contributed by atoms with E-state index in [9.17, 15) is 0 Å². The lowest BCUT2D eigenvalue weighted by Crippen LogP contribution is -2.26. The molecule has 0 radical (unpaired) electrons. The van der Waals surface area contributed by atoms with E-state index in [0.717, 1.165) is 17.8 Å². The number of rotatable bonds is 2. The van der Waals surface area contributed by atoms with Crippen LogP contribution < -0.4 is 0 Å². The normalized spacial score (nSPS) is 34.6. The molecule has 0 aromatic heterocycles. The van der Waals surface area contributed by atoms with E-state index >= 15 is 0 Å². The van der Waals surface area contributed by atoms with Crippen molar-refractivity contribution in [2.45, 2.75) is 45.4 Å². The van der Waals surface area contributed by atoms with E-state index in [1.165, 1.54) is 31.2 Å². The van der Waals surface area contributed by atoms with Crippen LogP contribution in [0.1, 0.15) is 56.6 Å². The second-order valence-electron chi connectivity index (χ2n) is 6.24. The molecule has 0 aliphatic heterocycles. The molecule has 0 heteroatoms. The standard InChI is InChI=1S/C18H24/c1-3-14-8-10-16(13(2)12-14)18-11-9-15-6-4-5-7-17(15)18/h4-7,9,11,13-14,16,18H,3,8,10,12H2,1-2H3. The Bertz CT molecular complexity index is 443. The van der Waals surface area contributed by atoms with Crippen molar-refractivity contribution in [1.82, 2.24) is 0 Å². The zero-order valence-corrected chi connectivity index (χ0v) is 11.6. The third kappa shape index (κ3) is 2.02. The van der Waals surface area contributed by atoms with Gasteiger partial charge in [0, 0.05) is 5.92 Å².